The van der Waals surface area contributed by atoms with Gasteiger partial charge in [0.05, 0.1) is 15.4 Å². The van der Waals surface area contributed by atoms with Gasteiger partial charge in [-0.2, -0.15) is 0 Å². The lowest BCUT2D eigenvalue weighted by atomic mass is 9.84. The highest BCUT2D eigenvalue weighted by molar-refractivity contribution is 7.91. The molecule has 0 radical (unpaired) electrons. The normalized spacial score (nSPS) is 18.7. The SMILES string of the molecule is CCN1CC=C(c2cc(F)cc(S(C)(=O)=O)c2)CC1.CCN1CCC(O)(c2cc(F)cc(S(C)(=O)=O)c2)CC1. The molecule has 39 heavy (non-hydrogen) atoms. The van der Waals surface area contributed by atoms with Gasteiger partial charge in [-0.25, -0.2) is 25.6 Å². The van der Waals surface area contributed by atoms with Gasteiger partial charge in [-0.15, -0.1) is 0 Å². The van der Waals surface area contributed by atoms with Crippen LogP contribution in [0.1, 0.15) is 44.2 Å². The zero-order valence-corrected chi connectivity index (χ0v) is 24.6. The minimum absolute atomic E-state index is 0.0429. The van der Waals surface area contributed by atoms with E-state index >= 15 is 0 Å². The number of aliphatic hydroxyl groups is 1. The smallest absolute Gasteiger partial charge is 0.175 e. The molecule has 1 saturated heterocycles. The molecule has 0 amide bonds. The predicted molar refractivity (Wildman–Crippen MR) is 149 cm³/mol. The van der Waals surface area contributed by atoms with E-state index in [2.05, 4.69) is 16.7 Å². The van der Waals surface area contributed by atoms with Crippen LogP contribution in [-0.4, -0.2) is 83.5 Å². The van der Waals surface area contributed by atoms with Crippen molar-refractivity contribution < 1.29 is 30.7 Å². The van der Waals surface area contributed by atoms with E-state index in [4.69, 9.17) is 0 Å². The van der Waals surface area contributed by atoms with E-state index in [1.165, 1.54) is 18.2 Å². The number of sulfone groups is 2. The fourth-order valence-electron chi connectivity index (χ4n) is 4.80. The lowest BCUT2D eigenvalue weighted by Gasteiger charge is -2.38. The van der Waals surface area contributed by atoms with Crippen molar-refractivity contribution in [1.29, 1.82) is 0 Å². The Morgan fingerprint density at radius 2 is 1.33 bits per heavy atom. The molecule has 2 aromatic carbocycles. The van der Waals surface area contributed by atoms with Gasteiger partial charge >= 0.3 is 0 Å². The number of rotatable bonds is 6. The van der Waals surface area contributed by atoms with Crippen LogP contribution in [0.15, 0.2) is 52.3 Å². The second kappa shape index (κ2) is 12.6. The summed E-state index contributed by atoms with van der Waals surface area (Å²) in [6.45, 7) is 9.24. The number of likely N-dealkylation sites (tertiary alicyclic amines) is 1. The van der Waals surface area contributed by atoms with Crippen LogP contribution >= 0.6 is 0 Å². The van der Waals surface area contributed by atoms with Crippen molar-refractivity contribution in [1.82, 2.24) is 9.80 Å². The third-order valence-corrected chi connectivity index (χ3v) is 9.56. The molecule has 11 heteroatoms. The minimum Gasteiger partial charge on any atom is -0.385 e. The van der Waals surface area contributed by atoms with E-state index in [0.29, 0.717) is 24.0 Å². The summed E-state index contributed by atoms with van der Waals surface area (Å²) in [7, 11) is -6.87. The highest BCUT2D eigenvalue weighted by Crippen LogP contribution is 2.34. The van der Waals surface area contributed by atoms with Crippen molar-refractivity contribution in [3.05, 3.63) is 65.2 Å². The van der Waals surface area contributed by atoms with Crippen LogP contribution in [0.2, 0.25) is 0 Å². The minimum atomic E-state index is -3.49. The van der Waals surface area contributed by atoms with Crippen molar-refractivity contribution in [3.63, 3.8) is 0 Å². The summed E-state index contributed by atoms with van der Waals surface area (Å²) in [5.74, 6) is -1.13. The van der Waals surface area contributed by atoms with E-state index in [-0.39, 0.29) is 9.79 Å². The molecule has 0 aliphatic carbocycles. The maximum atomic E-state index is 13.6. The molecule has 0 unspecified atom stereocenters. The van der Waals surface area contributed by atoms with Crippen LogP contribution in [-0.2, 0) is 25.3 Å². The highest BCUT2D eigenvalue weighted by atomic mass is 32.2. The first-order valence-corrected chi connectivity index (χ1v) is 16.8. The summed E-state index contributed by atoms with van der Waals surface area (Å²) >= 11 is 0. The van der Waals surface area contributed by atoms with Crippen LogP contribution < -0.4 is 0 Å². The Balaban J connectivity index is 0.000000216. The van der Waals surface area contributed by atoms with Crippen molar-refractivity contribution in [2.45, 2.75) is 48.5 Å². The van der Waals surface area contributed by atoms with Crippen molar-refractivity contribution >= 4 is 25.2 Å². The summed E-state index contributed by atoms with van der Waals surface area (Å²) in [5.41, 5.74) is 0.909. The fourth-order valence-corrected chi connectivity index (χ4v) is 6.13. The Labute approximate surface area is 231 Å². The van der Waals surface area contributed by atoms with Gasteiger partial charge in [-0.1, -0.05) is 19.9 Å². The maximum Gasteiger partial charge on any atom is 0.175 e. The number of halogens is 2. The summed E-state index contributed by atoms with van der Waals surface area (Å²) in [6, 6.07) is 7.65. The third kappa shape index (κ3) is 8.40. The van der Waals surface area contributed by atoms with Gasteiger partial charge in [0.2, 0.25) is 0 Å². The summed E-state index contributed by atoms with van der Waals surface area (Å²) in [4.78, 5) is 4.44. The molecular weight excluding hydrogens is 546 g/mol. The Hall–Kier alpha value is -2.18. The molecule has 1 fully saturated rings. The van der Waals surface area contributed by atoms with Crippen LogP contribution in [0.4, 0.5) is 8.78 Å². The standard InChI is InChI=1S/C14H20FNO3S.C14H18FNO2S/c1-3-16-6-4-14(17,5-7-16)11-8-12(15)10-13(9-11)20(2,18)19;1-3-16-6-4-11(5-7-16)12-8-13(15)10-14(9-12)19(2,17)18/h8-10,17H,3-7H2,1-2H3;4,8-10H,3,5-7H2,1-2H3. The topological polar surface area (TPSA) is 95.0 Å². The van der Waals surface area contributed by atoms with Crippen LogP contribution in [0.5, 0.6) is 0 Å². The molecule has 1 N–H and O–H groups in total. The zero-order chi connectivity index (χ0) is 29.0. The first-order chi connectivity index (χ1) is 18.1. The van der Waals surface area contributed by atoms with Gasteiger partial charge < -0.3 is 10.0 Å². The highest BCUT2D eigenvalue weighted by Gasteiger charge is 2.34. The lowest BCUT2D eigenvalue weighted by Crippen LogP contribution is -2.42. The average Bonchev–Trinajstić information content (AvgIpc) is 2.88. The quantitative estimate of drug-likeness (QED) is 0.551. The van der Waals surface area contributed by atoms with E-state index in [1.54, 1.807) is 6.07 Å². The summed E-state index contributed by atoms with van der Waals surface area (Å²) in [6.07, 6.45) is 5.96. The molecule has 0 aromatic heterocycles. The number of likely N-dealkylation sites (N-methyl/N-ethyl adjacent to an activating group) is 1. The fraction of sp³-hybridized carbons (Fsp3) is 0.500. The molecule has 7 nitrogen and oxygen atoms in total. The largest absolute Gasteiger partial charge is 0.385 e. The Kier molecular flexibility index (Phi) is 10.1. The average molecular weight is 585 g/mol. The second-order valence-corrected chi connectivity index (χ2v) is 14.3. The first-order valence-electron chi connectivity index (χ1n) is 13.0. The van der Waals surface area contributed by atoms with Crippen molar-refractivity contribution in [2.24, 2.45) is 0 Å². The molecule has 216 valence electrons. The maximum absolute atomic E-state index is 13.6. The van der Waals surface area contributed by atoms with Gasteiger partial charge in [-0.3, -0.25) is 4.90 Å². The molecule has 0 bridgehead atoms. The number of hydrogen-bond acceptors (Lipinski definition) is 7. The summed E-state index contributed by atoms with van der Waals surface area (Å²) in [5, 5.41) is 10.7. The molecule has 2 aliphatic rings. The van der Waals surface area contributed by atoms with Crippen LogP contribution in [0, 0.1) is 11.6 Å². The molecule has 0 spiro atoms. The number of nitrogens with zero attached hydrogens (tertiary/aromatic N) is 2. The van der Waals surface area contributed by atoms with Gasteiger partial charge in [0.1, 0.15) is 11.6 Å². The number of piperidine rings is 1. The molecule has 2 heterocycles. The number of hydrogen-bond donors (Lipinski definition) is 1. The first kappa shape index (κ1) is 31.3. The van der Waals surface area contributed by atoms with Crippen LogP contribution in [0.25, 0.3) is 5.57 Å². The molecule has 2 aliphatic heterocycles. The van der Waals surface area contributed by atoms with E-state index in [1.807, 2.05) is 13.0 Å². The van der Waals surface area contributed by atoms with Crippen molar-refractivity contribution in [3.8, 4) is 0 Å². The summed E-state index contributed by atoms with van der Waals surface area (Å²) < 4.78 is 73.4. The Morgan fingerprint density at radius 3 is 1.82 bits per heavy atom. The molecule has 2 aromatic rings. The van der Waals surface area contributed by atoms with Gasteiger partial charge in [-0.05, 0) is 85.5 Å². The Bertz CT molecular complexity index is 1420. The predicted octanol–water partition coefficient (Wildman–Crippen LogP) is 3.87. The molecular formula is C28H38F2N2O5S2. The molecule has 0 atom stereocenters. The number of benzene rings is 2. The second-order valence-electron chi connectivity index (χ2n) is 10.2. The van der Waals surface area contributed by atoms with Gasteiger partial charge in [0.25, 0.3) is 0 Å². The van der Waals surface area contributed by atoms with E-state index in [0.717, 1.165) is 75.9 Å². The van der Waals surface area contributed by atoms with E-state index < -0.39 is 36.9 Å². The lowest BCUT2D eigenvalue weighted by molar-refractivity contribution is -0.0250. The van der Waals surface area contributed by atoms with Gasteiger partial charge in [0.15, 0.2) is 19.7 Å². The van der Waals surface area contributed by atoms with Gasteiger partial charge in [0, 0.05) is 38.7 Å². The zero-order valence-electron chi connectivity index (χ0n) is 23.0. The monoisotopic (exact) mass is 584 g/mol. The van der Waals surface area contributed by atoms with Crippen LogP contribution in [0.3, 0.4) is 0 Å². The van der Waals surface area contributed by atoms with E-state index in [9.17, 15) is 30.7 Å². The molecule has 0 saturated carbocycles. The third-order valence-electron chi connectivity index (χ3n) is 7.38. The Morgan fingerprint density at radius 1 is 0.795 bits per heavy atom. The molecule has 4 rings (SSSR count). The van der Waals surface area contributed by atoms with Crippen molar-refractivity contribution in [2.75, 3.05) is 51.8 Å².